The number of phenols is 1. The largest absolute Gasteiger partial charge is 0.502 e. The maximum atomic E-state index is 12.5. The number of hydrogen-bond donors (Lipinski definition) is 2. The number of carboxylic acids is 1. The summed E-state index contributed by atoms with van der Waals surface area (Å²) in [4.78, 5) is 47.4. The van der Waals surface area contributed by atoms with Gasteiger partial charge in [0.1, 0.15) is 6.04 Å². The zero-order valence-corrected chi connectivity index (χ0v) is 13.2. The number of carbonyl (C=O) groups excluding carboxylic acids is 2. The SMILES string of the molecule is O=C(O)[C@@H](Cc1ccc(O)c([N+](=O)[O-])c1)N1C(=O)c2ccccc2C1=O. The molecule has 0 aromatic heterocycles. The van der Waals surface area contributed by atoms with Crippen LogP contribution >= 0.6 is 0 Å². The Morgan fingerprint density at radius 2 is 1.69 bits per heavy atom. The second-order valence-electron chi connectivity index (χ2n) is 5.66. The Bertz CT molecular complexity index is 919. The van der Waals surface area contributed by atoms with E-state index in [0.717, 1.165) is 12.1 Å². The molecule has 2 aromatic carbocycles. The molecule has 1 aliphatic heterocycles. The van der Waals surface area contributed by atoms with Crippen molar-refractivity contribution in [2.45, 2.75) is 12.5 Å². The highest BCUT2D eigenvalue weighted by molar-refractivity contribution is 6.22. The number of carboxylic acid groups (broad SMARTS) is 1. The summed E-state index contributed by atoms with van der Waals surface area (Å²) < 4.78 is 0. The van der Waals surface area contributed by atoms with Gasteiger partial charge in [-0.3, -0.25) is 24.6 Å². The molecule has 0 unspecified atom stereocenters. The maximum absolute atomic E-state index is 12.5. The van der Waals surface area contributed by atoms with Gasteiger partial charge in [-0.2, -0.15) is 0 Å². The summed E-state index contributed by atoms with van der Waals surface area (Å²) in [5.74, 6) is -3.45. The third-order valence-electron chi connectivity index (χ3n) is 4.09. The first-order chi connectivity index (χ1) is 12.3. The van der Waals surface area contributed by atoms with Gasteiger partial charge >= 0.3 is 11.7 Å². The summed E-state index contributed by atoms with van der Waals surface area (Å²) in [6.07, 6.45) is -0.331. The van der Waals surface area contributed by atoms with E-state index in [-0.39, 0.29) is 23.1 Å². The summed E-state index contributed by atoms with van der Waals surface area (Å²) in [6, 6.07) is 7.83. The van der Waals surface area contributed by atoms with Crippen LogP contribution in [0.5, 0.6) is 5.75 Å². The summed E-state index contributed by atoms with van der Waals surface area (Å²) >= 11 is 0. The number of benzene rings is 2. The van der Waals surface area contributed by atoms with Crippen molar-refractivity contribution in [1.29, 1.82) is 0 Å². The third-order valence-corrected chi connectivity index (χ3v) is 4.09. The molecule has 0 saturated heterocycles. The number of phenolic OH excluding ortho intramolecular Hbond substituents is 1. The van der Waals surface area contributed by atoms with E-state index in [4.69, 9.17) is 0 Å². The molecule has 2 N–H and O–H groups in total. The molecule has 0 spiro atoms. The van der Waals surface area contributed by atoms with Crippen LogP contribution in [0.2, 0.25) is 0 Å². The van der Waals surface area contributed by atoms with E-state index < -0.39 is 40.2 Å². The van der Waals surface area contributed by atoms with Gasteiger partial charge in [0.2, 0.25) is 0 Å². The van der Waals surface area contributed by atoms with Crippen LogP contribution < -0.4 is 0 Å². The zero-order chi connectivity index (χ0) is 19.0. The van der Waals surface area contributed by atoms with Crippen molar-refractivity contribution in [2.24, 2.45) is 0 Å². The van der Waals surface area contributed by atoms with E-state index in [9.17, 15) is 34.7 Å². The van der Waals surface area contributed by atoms with Crippen LogP contribution in [0.1, 0.15) is 26.3 Å². The molecule has 3 rings (SSSR count). The summed E-state index contributed by atoms with van der Waals surface area (Å²) in [5, 5.41) is 29.9. The van der Waals surface area contributed by atoms with Gasteiger partial charge in [-0.15, -0.1) is 0 Å². The smallest absolute Gasteiger partial charge is 0.327 e. The van der Waals surface area contributed by atoms with Gasteiger partial charge in [-0.05, 0) is 23.8 Å². The number of nitrogens with zero attached hydrogens (tertiary/aromatic N) is 2. The quantitative estimate of drug-likeness (QED) is 0.471. The highest BCUT2D eigenvalue weighted by atomic mass is 16.6. The number of hydrogen-bond acceptors (Lipinski definition) is 6. The number of imide groups is 1. The topological polar surface area (TPSA) is 138 Å². The molecule has 0 saturated carbocycles. The number of nitro benzene ring substituents is 1. The van der Waals surface area contributed by atoms with Gasteiger partial charge in [0.15, 0.2) is 5.75 Å². The third kappa shape index (κ3) is 2.75. The second kappa shape index (κ2) is 6.28. The van der Waals surface area contributed by atoms with Crippen molar-refractivity contribution in [3.63, 3.8) is 0 Å². The van der Waals surface area contributed by atoms with Crippen molar-refractivity contribution in [3.05, 3.63) is 69.3 Å². The molecule has 0 aliphatic carbocycles. The Hall–Kier alpha value is -3.75. The van der Waals surface area contributed by atoms with Crippen molar-refractivity contribution in [1.82, 2.24) is 4.90 Å². The van der Waals surface area contributed by atoms with E-state index in [1.807, 2.05) is 0 Å². The van der Waals surface area contributed by atoms with Crippen molar-refractivity contribution in [3.8, 4) is 5.75 Å². The molecule has 9 heteroatoms. The average Bonchev–Trinajstić information content (AvgIpc) is 2.85. The average molecular weight is 356 g/mol. The van der Waals surface area contributed by atoms with E-state index in [1.165, 1.54) is 18.2 Å². The van der Waals surface area contributed by atoms with E-state index in [2.05, 4.69) is 0 Å². The minimum atomic E-state index is -1.54. The molecular formula is C17H12N2O7. The van der Waals surface area contributed by atoms with Crippen LogP contribution in [-0.2, 0) is 11.2 Å². The molecular weight excluding hydrogens is 344 g/mol. The lowest BCUT2D eigenvalue weighted by molar-refractivity contribution is -0.385. The van der Waals surface area contributed by atoms with E-state index in [0.29, 0.717) is 4.90 Å². The first kappa shape index (κ1) is 17.1. The molecule has 132 valence electrons. The Labute approximate surface area is 146 Å². The predicted molar refractivity (Wildman–Crippen MR) is 86.8 cm³/mol. The highest BCUT2D eigenvalue weighted by Gasteiger charge is 2.42. The van der Waals surface area contributed by atoms with Crippen molar-refractivity contribution >= 4 is 23.5 Å². The monoisotopic (exact) mass is 356 g/mol. The Balaban J connectivity index is 1.96. The first-order valence-electron chi connectivity index (χ1n) is 7.47. The lowest BCUT2D eigenvalue weighted by Gasteiger charge is -2.22. The fraction of sp³-hybridized carbons (Fsp3) is 0.118. The Kier molecular flexibility index (Phi) is 4.13. The minimum absolute atomic E-state index is 0.112. The van der Waals surface area contributed by atoms with Gasteiger partial charge in [-0.1, -0.05) is 18.2 Å². The number of rotatable bonds is 5. The van der Waals surface area contributed by atoms with Gasteiger partial charge in [0.05, 0.1) is 16.1 Å². The van der Waals surface area contributed by atoms with Crippen LogP contribution in [0.25, 0.3) is 0 Å². The zero-order valence-electron chi connectivity index (χ0n) is 13.2. The minimum Gasteiger partial charge on any atom is -0.502 e. The van der Waals surface area contributed by atoms with E-state index in [1.54, 1.807) is 12.1 Å². The molecule has 26 heavy (non-hydrogen) atoms. The van der Waals surface area contributed by atoms with Crippen LogP contribution in [0.15, 0.2) is 42.5 Å². The number of nitro groups is 1. The number of fused-ring (bicyclic) bond motifs is 1. The molecule has 0 radical (unpaired) electrons. The van der Waals surface area contributed by atoms with Gasteiger partial charge < -0.3 is 10.2 Å². The first-order valence-corrected chi connectivity index (χ1v) is 7.47. The number of amides is 2. The normalized spacial score (nSPS) is 14.2. The second-order valence-corrected chi connectivity index (χ2v) is 5.66. The summed E-state index contributed by atoms with van der Waals surface area (Å²) in [7, 11) is 0. The van der Waals surface area contributed by atoms with Crippen LogP contribution in [0.3, 0.4) is 0 Å². The van der Waals surface area contributed by atoms with Crippen LogP contribution in [0, 0.1) is 10.1 Å². The molecule has 2 aromatic rings. The standard InChI is InChI=1S/C17H12N2O7/c20-14-6-5-9(7-12(14)19(25)26)8-13(17(23)24)18-15(21)10-3-1-2-4-11(10)16(18)22/h1-7,13,20H,8H2,(H,23,24)/t13-/m1/s1. The number of carbonyl (C=O) groups is 3. The highest BCUT2D eigenvalue weighted by Crippen LogP contribution is 2.29. The molecule has 9 nitrogen and oxygen atoms in total. The lowest BCUT2D eigenvalue weighted by Crippen LogP contribution is -2.46. The maximum Gasteiger partial charge on any atom is 0.327 e. The van der Waals surface area contributed by atoms with E-state index >= 15 is 0 Å². The Morgan fingerprint density at radius 1 is 1.12 bits per heavy atom. The molecule has 0 bridgehead atoms. The fourth-order valence-electron chi connectivity index (χ4n) is 2.85. The van der Waals surface area contributed by atoms with Crippen molar-refractivity contribution < 1.29 is 29.5 Å². The molecule has 1 aliphatic rings. The van der Waals surface area contributed by atoms with Crippen LogP contribution in [-0.4, -0.2) is 43.9 Å². The fourth-order valence-corrected chi connectivity index (χ4v) is 2.85. The lowest BCUT2D eigenvalue weighted by atomic mass is 10.0. The number of aromatic hydroxyl groups is 1. The summed E-state index contributed by atoms with van der Waals surface area (Å²) in [5.41, 5.74) is -0.173. The van der Waals surface area contributed by atoms with Gasteiger partial charge in [0.25, 0.3) is 11.8 Å². The molecule has 2 amide bonds. The summed E-state index contributed by atoms with van der Waals surface area (Å²) in [6.45, 7) is 0. The molecule has 1 atom stereocenters. The van der Waals surface area contributed by atoms with Gasteiger partial charge in [0, 0.05) is 12.5 Å². The van der Waals surface area contributed by atoms with Crippen molar-refractivity contribution in [2.75, 3.05) is 0 Å². The number of aliphatic carboxylic acids is 1. The molecule has 1 heterocycles. The van der Waals surface area contributed by atoms with Gasteiger partial charge in [-0.25, -0.2) is 4.79 Å². The predicted octanol–water partition coefficient (Wildman–Crippen LogP) is 1.59. The van der Waals surface area contributed by atoms with Crippen LogP contribution in [0.4, 0.5) is 5.69 Å². The Morgan fingerprint density at radius 3 is 2.19 bits per heavy atom. The molecule has 0 fully saturated rings.